The fourth-order valence-electron chi connectivity index (χ4n) is 1.58. The molecule has 20 heavy (non-hydrogen) atoms. The van der Waals surface area contributed by atoms with Crippen molar-refractivity contribution in [2.75, 3.05) is 0 Å². The molecule has 0 saturated heterocycles. The van der Waals surface area contributed by atoms with E-state index in [1.807, 2.05) is 24.3 Å². The average molecular weight is 268 g/mol. The number of nitrogens with zero attached hydrogens (tertiary/aromatic N) is 1. The standard InChI is InChI=1S/C8H6N2O.C7H6O2/c11-8-9-5-6-3-1-2-4-7(6)10-8;8-7(9)6-4-2-1-3-5-6/h1-5H,(H,9,10,11);1-5H,(H,8,9). The molecule has 2 N–H and O–H groups in total. The van der Waals surface area contributed by atoms with Gasteiger partial charge in [0.1, 0.15) is 0 Å². The molecule has 0 saturated carbocycles. The Labute approximate surface area is 114 Å². The number of rotatable bonds is 1. The van der Waals surface area contributed by atoms with Crippen molar-refractivity contribution in [2.24, 2.45) is 0 Å². The molecule has 3 aromatic rings. The number of carboxylic acids is 1. The molecule has 0 aliphatic carbocycles. The number of benzene rings is 2. The third kappa shape index (κ3) is 3.52. The number of hydrogen-bond donors (Lipinski definition) is 2. The first-order valence-corrected chi connectivity index (χ1v) is 5.89. The largest absolute Gasteiger partial charge is 0.478 e. The van der Waals surface area contributed by atoms with E-state index in [0.717, 1.165) is 10.9 Å². The van der Waals surface area contributed by atoms with E-state index in [1.165, 1.54) is 0 Å². The molecule has 5 heteroatoms. The first-order chi connectivity index (χ1) is 9.66. The fraction of sp³-hybridized carbons (Fsp3) is 0. The van der Waals surface area contributed by atoms with Crippen molar-refractivity contribution in [2.45, 2.75) is 0 Å². The molecule has 0 spiro atoms. The van der Waals surface area contributed by atoms with Gasteiger partial charge in [-0.25, -0.2) is 14.6 Å². The number of carbonyl (C=O) groups is 1. The highest BCUT2D eigenvalue weighted by atomic mass is 16.4. The summed E-state index contributed by atoms with van der Waals surface area (Å²) in [4.78, 5) is 27.1. The van der Waals surface area contributed by atoms with Crippen LogP contribution in [0.2, 0.25) is 0 Å². The van der Waals surface area contributed by atoms with Crippen molar-refractivity contribution < 1.29 is 9.90 Å². The lowest BCUT2D eigenvalue weighted by Crippen LogP contribution is -2.07. The van der Waals surface area contributed by atoms with Crippen molar-refractivity contribution in [1.29, 1.82) is 0 Å². The molecule has 1 aromatic heterocycles. The van der Waals surface area contributed by atoms with Gasteiger partial charge in [0.2, 0.25) is 0 Å². The van der Waals surface area contributed by atoms with Crippen LogP contribution in [0.5, 0.6) is 0 Å². The second-order valence-corrected chi connectivity index (χ2v) is 3.95. The van der Waals surface area contributed by atoms with E-state index in [4.69, 9.17) is 5.11 Å². The lowest BCUT2D eigenvalue weighted by molar-refractivity contribution is 0.0697. The van der Waals surface area contributed by atoms with Crippen molar-refractivity contribution in [3.8, 4) is 0 Å². The second kappa shape index (κ2) is 6.29. The van der Waals surface area contributed by atoms with Crippen LogP contribution in [0, 0.1) is 0 Å². The van der Waals surface area contributed by atoms with Gasteiger partial charge in [0.15, 0.2) is 0 Å². The second-order valence-electron chi connectivity index (χ2n) is 3.95. The quantitative estimate of drug-likeness (QED) is 0.709. The highest BCUT2D eigenvalue weighted by Crippen LogP contribution is 2.05. The van der Waals surface area contributed by atoms with Gasteiger partial charge in [0, 0.05) is 11.6 Å². The molecular weight excluding hydrogens is 256 g/mol. The summed E-state index contributed by atoms with van der Waals surface area (Å²) in [6.45, 7) is 0. The van der Waals surface area contributed by atoms with E-state index in [9.17, 15) is 9.59 Å². The normalized spacial score (nSPS) is 9.60. The lowest BCUT2D eigenvalue weighted by Gasteiger charge is -1.92. The predicted octanol–water partition coefficient (Wildman–Crippen LogP) is 2.31. The van der Waals surface area contributed by atoms with Crippen molar-refractivity contribution in [1.82, 2.24) is 9.97 Å². The Morgan fingerprint density at radius 1 is 1.00 bits per heavy atom. The van der Waals surface area contributed by atoms with Crippen LogP contribution in [0.25, 0.3) is 10.9 Å². The Morgan fingerprint density at radius 3 is 2.30 bits per heavy atom. The molecule has 1 heterocycles. The zero-order valence-corrected chi connectivity index (χ0v) is 10.5. The first kappa shape index (κ1) is 13.5. The molecule has 0 unspecified atom stereocenters. The molecule has 5 nitrogen and oxygen atoms in total. The Kier molecular flexibility index (Phi) is 4.24. The van der Waals surface area contributed by atoms with E-state index in [-0.39, 0.29) is 5.69 Å². The monoisotopic (exact) mass is 268 g/mol. The van der Waals surface area contributed by atoms with Crippen molar-refractivity contribution >= 4 is 16.9 Å². The topological polar surface area (TPSA) is 83.0 Å². The van der Waals surface area contributed by atoms with E-state index < -0.39 is 5.97 Å². The van der Waals surface area contributed by atoms with Crippen LogP contribution in [0.3, 0.4) is 0 Å². The molecule has 0 aliphatic rings. The number of H-pyrrole nitrogens is 1. The summed E-state index contributed by atoms with van der Waals surface area (Å²) in [5.41, 5.74) is 0.855. The van der Waals surface area contributed by atoms with Gasteiger partial charge in [-0.15, -0.1) is 0 Å². The summed E-state index contributed by atoms with van der Waals surface area (Å²) in [6, 6.07) is 15.8. The van der Waals surface area contributed by atoms with Crippen LogP contribution in [0.1, 0.15) is 10.4 Å². The van der Waals surface area contributed by atoms with Crippen LogP contribution in [-0.4, -0.2) is 21.0 Å². The summed E-state index contributed by atoms with van der Waals surface area (Å²) in [6.07, 6.45) is 1.56. The minimum atomic E-state index is -0.879. The zero-order valence-electron chi connectivity index (χ0n) is 10.5. The number of para-hydroxylation sites is 1. The van der Waals surface area contributed by atoms with Gasteiger partial charge in [-0.1, -0.05) is 36.4 Å². The molecule has 0 atom stereocenters. The molecule has 100 valence electrons. The molecule has 0 aliphatic heterocycles. The molecule has 3 rings (SSSR count). The minimum absolute atomic E-state index is 0.302. The summed E-state index contributed by atoms with van der Waals surface area (Å²) in [7, 11) is 0. The van der Waals surface area contributed by atoms with Crippen LogP contribution in [0.15, 0.2) is 65.6 Å². The number of nitrogens with one attached hydrogen (secondary N) is 1. The van der Waals surface area contributed by atoms with Gasteiger partial charge in [0.25, 0.3) is 0 Å². The number of fused-ring (bicyclic) bond motifs is 1. The average Bonchev–Trinajstić information content (AvgIpc) is 2.48. The molecule has 0 bridgehead atoms. The number of carboxylic acid groups (broad SMARTS) is 1. The SMILES string of the molecule is O=C(O)c1ccccc1.O=c1ncc2ccccc2[nH]1. The Hall–Kier alpha value is -2.95. The van der Waals surface area contributed by atoms with Gasteiger partial charge < -0.3 is 10.1 Å². The Balaban J connectivity index is 0.000000151. The number of aromatic amines is 1. The van der Waals surface area contributed by atoms with Gasteiger partial charge >= 0.3 is 11.7 Å². The van der Waals surface area contributed by atoms with E-state index >= 15 is 0 Å². The minimum Gasteiger partial charge on any atom is -0.478 e. The number of aromatic carboxylic acids is 1. The Morgan fingerprint density at radius 2 is 1.65 bits per heavy atom. The zero-order chi connectivity index (χ0) is 14.4. The first-order valence-electron chi connectivity index (χ1n) is 5.89. The van der Waals surface area contributed by atoms with Crippen molar-refractivity contribution in [3.05, 3.63) is 76.8 Å². The van der Waals surface area contributed by atoms with Crippen LogP contribution < -0.4 is 5.69 Å². The highest BCUT2D eigenvalue weighted by Gasteiger charge is 1.96. The molecule has 0 fully saturated rings. The lowest BCUT2D eigenvalue weighted by atomic mass is 10.2. The fourth-order valence-corrected chi connectivity index (χ4v) is 1.58. The summed E-state index contributed by atoms with van der Waals surface area (Å²) < 4.78 is 0. The summed E-state index contributed by atoms with van der Waals surface area (Å²) in [5, 5.41) is 9.34. The van der Waals surface area contributed by atoms with Crippen LogP contribution in [-0.2, 0) is 0 Å². The van der Waals surface area contributed by atoms with Gasteiger partial charge in [-0.3, -0.25) is 0 Å². The van der Waals surface area contributed by atoms with E-state index in [1.54, 1.807) is 36.5 Å². The predicted molar refractivity (Wildman–Crippen MR) is 75.8 cm³/mol. The number of hydrogen-bond acceptors (Lipinski definition) is 3. The maximum absolute atomic E-state index is 10.7. The van der Waals surface area contributed by atoms with E-state index in [2.05, 4.69) is 9.97 Å². The number of aromatic nitrogens is 2. The van der Waals surface area contributed by atoms with Crippen LogP contribution >= 0.6 is 0 Å². The maximum Gasteiger partial charge on any atom is 0.345 e. The van der Waals surface area contributed by atoms with Crippen LogP contribution in [0.4, 0.5) is 0 Å². The van der Waals surface area contributed by atoms with Gasteiger partial charge in [0.05, 0.1) is 11.1 Å². The molecular formula is C15H12N2O3. The molecule has 2 aromatic carbocycles. The smallest absolute Gasteiger partial charge is 0.345 e. The van der Waals surface area contributed by atoms with Gasteiger partial charge in [-0.2, -0.15) is 0 Å². The van der Waals surface area contributed by atoms with Gasteiger partial charge in [-0.05, 0) is 18.2 Å². The highest BCUT2D eigenvalue weighted by molar-refractivity contribution is 5.87. The van der Waals surface area contributed by atoms with E-state index in [0.29, 0.717) is 5.56 Å². The maximum atomic E-state index is 10.7. The molecule has 0 amide bonds. The van der Waals surface area contributed by atoms with Crippen molar-refractivity contribution in [3.63, 3.8) is 0 Å². The third-order valence-electron chi connectivity index (χ3n) is 2.54. The Bertz CT molecular complexity index is 766. The molecule has 0 radical (unpaired) electrons. The summed E-state index contributed by atoms with van der Waals surface area (Å²) >= 11 is 0. The third-order valence-corrected chi connectivity index (χ3v) is 2.54. The summed E-state index contributed by atoms with van der Waals surface area (Å²) in [5.74, 6) is -0.879.